The first-order valence-corrected chi connectivity index (χ1v) is 12.3. The van der Waals surface area contributed by atoms with Crippen LogP contribution in [0.4, 0.5) is 0 Å². The topological polar surface area (TPSA) is 109 Å². The van der Waals surface area contributed by atoms with Gasteiger partial charge in [-0.3, -0.25) is 14.4 Å². The first kappa shape index (κ1) is 26.6. The summed E-state index contributed by atoms with van der Waals surface area (Å²) in [5, 5.41) is 6.90. The van der Waals surface area contributed by atoms with E-state index in [9.17, 15) is 14.4 Å². The quantitative estimate of drug-likeness (QED) is 0.331. The molecule has 0 bridgehead atoms. The molecule has 1 aromatic heterocycles. The van der Waals surface area contributed by atoms with E-state index in [0.29, 0.717) is 54.7 Å². The standard InChI is InChI=1S/C23H35N5O4S/c1-8-23(9-2)21(31)27(14-18-25-16(3)26-32-18)12-13-28(23)20(30)17(10-11-22(4,5)6)19(33-7)24-15-29/h10-11,15H,8-9,12-14H2,1-7H3,(H,24,29)/b11-10+,19-17+. The molecule has 0 saturated carbocycles. The van der Waals surface area contributed by atoms with Crippen LogP contribution >= 0.6 is 11.8 Å². The van der Waals surface area contributed by atoms with Gasteiger partial charge in [0.15, 0.2) is 5.82 Å². The SMILES string of the molecule is CCC1(CC)C(=O)N(Cc2nc(C)no2)CCN1C(=O)C(/C=C/C(C)(C)C)=C(\NC=O)SC. The number of amides is 3. The van der Waals surface area contributed by atoms with Gasteiger partial charge in [0.1, 0.15) is 12.1 Å². The average Bonchev–Trinajstić information content (AvgIpc) is 3.18. The average molecular weight is 478 g/mol. The summed E-state index contributed by atoms with van der Waals surface area (Å²) in [5.74, 6) is 0.460. The number of nitrogens with one attached hydrogen (secondary N) is 1. The van der Waals surface area contributed by atoms with Gasteiger partial charge in [0.05, 0.1) is 10.6 Å². The van der Waals surface area contributed by atoms with Crippen LogP contribution in [0.1, 0.15) is 59.2 Å². The van der Waals surface area contributed by atoms with Gasteiger partial charge in [-0.1, -0.05) is 51.9 Å². The lowest BCUT2D eigenvalue weighted by Gasteiger charge is -2.49. The number of aromatic nitrogens is 2. The van der Waals surface area contributed by atoms with E-state index in [4.69, 9.17) is 4.52 Å². The van der Waals surface area contributed by atoms with Crippen LogP contribution < -0.4 is 5.32 Å². The van der Waals surface area contributed by atoms with Crippen molar-refractivity contribution in [3.05, 3.63) is 34.5 Å². The Morgan fingerprint density at radius 3 is 2.42 bits per heavy atom. The van der Waals surface area contributed by atoms with Crippen molar-refractivity contribution in [1.82, 2.24) is 25.3 Å². The minimum absolute atomic E-state index is 0.142. The van der Waals surface area contributed by atoms with Gasteiger partial charge in [-0.25, -0.2) is 0 Å². The van der Waals surface area contributed by atoms with E-state index in [-0.39, 0.29) is 23.8 Å². The number of allylic oxidation sites excluding steroid dienone is 1. The molecular weight excluding hydrogens is 442 g/mol. The Kier molecular flexibility index (Phi) is 8.88. The van der Waals surface area contributed by atoms with Gasteiger partial charge < -0.3 is 19.6 Å². The Balaban J connectivity index is 2.46. The minimum atomic E-state index is -1.00. The molecule has 1 saturated heterocycles. The molecule has 0 atom stereocenters. The zero-order chi connectivity index (χ0) is 24.8. The van der Waals surface area contributed by atoms with Crippen molar-refractivity contribution in [3.63, 3.8) is 0 Å². The zero-order valence-electron chi connectivity index (χ0n) is 20.6. The Morgan fingerprint density at radius 1 is 1.27 bits per heavy atom. The highest BCUT2D eigenvalue weighted by Crippen LogP contribution is 2.33. The van der Waals surface area contributed by atoms with Crippen LogP contribution in [0.2, 0.25) is 0 Å². The normalized spacial score (nSPS) is 17.4. The molecule has 1 fully saturated rings. The summed E-state index contributed by atoms with van der Waals surface area (Å²) in [7, 11) is 0. The van der Waals surface area contributed by atoms with E-state index in [2.05, 4.69) is 15.5 Å². The van der Waals surface area contributed by atoms with E-state index < -0.39 is 5.54 Å². The second-order valence-corrected chi connectivity index (χ2v) is 9.88. The molecule has 0 spiro atoms. The van der Waals surface area contributed by atoms with E-state index in [0.717, 1.165) is 0 Å². The van der Waals surface area contributed by atoms with Crippen LogP contribution in [0.3, 0.4) is 0 Å². The monoisotopic (exact) mass is 477 g/mol. The third kappa shape index (κ3) is 6.04. The summed E-state index contributed by atoms with van der Waals surface area (Å²) in [6.45, 7) is 12.5. The predicted octanol–water partition coefficient (Wildman–Crippen LogP) is 3.03. The van der Waals surface area contributed by atoms with Crippen LogP contribution in [-0.4, -0.2) is 63.0 Å². The van der Waals surface area contributed by atoms with E-state index in [1.54, 1.807) is 29.1 Å². The van der Waals surface area contributed by atoms with Gasteiger partial charge >= 0.3 is 0 Å². The number of hydrogen-bond donors (Lipinski definition) is 1. The number of hydrogen-bond acceptors (Lipinski definition) is 7. The molecular formula is C23H35N5O4S. The van der Waals surface area contributed by atoms with E-state index >= 15 is 0 Å². The number of aryl methyl sites for hydroxylation is 1. The molecule has 0 radical (unpaired) electrons. The molecule has 1 aliphatic rings. The highest BCUT2D eigenvalue weighted by atomic mass is 32.2. The number of carbonyl (C=O) groups is 3. The van der Waals surface area contributed by atoms with Crippen molar-refractivity contribution >= 4 is 30.0 Å². The Hall–Kier alpha value is -2.62. The fourth-order valence-corrected chi connectivity index (χ4v) is 4.46. The molecule has 1 aromatic rings. The molecule has 2 heterocycles. The summed E-state index contributed by atoms with van der Waals surface area (Å²) in [6.07, 6.45) is 6.95. The van der Waals surface area contributed by atoms with E-state index in [1.165, 1.54) is 11.8 Å². The number of thioether (sulfide) groups is 1. The van der Waals surface area contributed by atoms with Gasteiger partial charge in [0.2, 0.25) is 18.2 Å². The van der Waals surface area contributed by atoms with Crippen molar-refractivity contribution < 1.29 is 18.9 Å². The highest BCUT2D eigenvalue weighted by Gasteiger charge is 2.49. The second kappa shape index (κ2) is 11.0. The molecule has 0 aliphatic carbocycles. The second-order valence-electron chi connectivity index (χ2n) is 9.07. The summed E-state index contributed by atoms with van der Waals surface area (Å²) < 4.78 is 5.20. The van der Waals surface area contributed by atoms with Gasteiger partial charge in [-0.2, -0.15) is 4.98 Å². The number of carbonyl (C=O) groups excluding carboxylic acids is 3. The van der Waals surface area contributed by atoms with Crippen LogP contribution in [0.25, 0.3) is 0 Å². The third-order valence-corrected chi connectivity index (χ3v) is 6.47. The summed E-state index contributed by atoms with van der Waals surface area (Å²) in [4.78, 5) is 46.3. The summed E-state index contributed by atoms with van der Waals surface area (Å²) in [6, 6.07) is 0. The fraction of sp³-hybridized carbons (Fsp3) is 0.609. The third-order valence-electron chi connectivity index (χ3n) is 5.73. The highest BCUT2D eigenvalue weighted by molar-refractivity contribution is 8.02. The van der Waals surface area contributed by atoms with Crippen LogP contribution in [0.15, 0.2) is 27.3 Å². The summed E-state index contributed by atoms with van der Waals surface area (Å²) in [5.41, 5.74) is -0.806. The van der Waals surface area contributed by atoms with Crippen molar-refractivity contribution in [2.75, 3.05) is 19.3 Å². The van der Waals surface area contributed by atoms with Crippen molar-refractivity contribution in [3.8, 4) is 0 Å². The fourth-order valence-electron chi connectivity index (χ4n) is 3.92. The molecule has 10 heteroatoms. The van der Waals surface area contributed by atoms with Crippen LogP contribution in [-0.2, 0) is 20.9 Å². The maximum Gasteiger partial charge on any atom is 0.257 e. The molecule has 2 rings (SSSR count). The smallest absolute Gasteiger partial charge is 0.257 e. The van der Waals surface area contributed by atoms with Crippen molar-refractivity contribution in [1.29, 1.82) is 0 Å². The largest absolute Gasteiger partial charge is 0.337 e. The van der Waals surface area contributed by atoms with Crippen LogP contribution in [0.5, 0.6) is 0 Å². The Morgan fingerprint density at radius 2 is 1.94 bits per heavy atom. The maximum atomic E-state index is 13.9. The molecule has 0 unspecified atom stereocenters. The number of rotatable bonds is 9. The van der Waals surface area contributed by atoms with Gasteiger partial charge in [-0.05, 0) is 31.4 Å². The number of nitrogens with zero attached hydrogens (tertiary/aromatic N) is 4. The van der Waals surface area contributed by atoms with Crippen molar-refractivity contribution in [2.45, 2.75) is 66.5 Å². The van der Waals surface area contributed by atoms with Crippen LogP contribution in [0, 0.1) is 12.3 Å². The van der Waals surface area contributed by atoms with E-state index in [1.807, 2.05) is 40.7 Å². The number of piperazine rings is 1. The maximum absolute atomic E-state index is 13.9. The van der Waals surface area contributed by atoms with Gasteiger partial charge in [0.25, 0.3) is 5.91 Å². The summed E-state index contributed by atoms with van der Waals surface area (Å²) >= 11 is 1.28. The first-order chi connectivity index (χ1) is 15.5. The molecule has 9 nitrogen and oxygen atoms in total. The Bertz CT molecular complexity index is 928. The molecule has 1 N–H and O–H groups in total. The van der Waals surface area contributed by atoms with Crippen molar-refractivity contribution in [2.24, 2.45) is 5.41 Å². The Labute approximate surface area is 200 Å². The lowest BCUT2D eigenvalue weighted by atomic mass is 9.85. The lowest BCUT2D eigenvalue weighted by Crippen LogP contribution is -2.66. The van der Waals surface area contributed by atoms with Gasteiger partial charge in [0, 0.05) is 13.1 Å². The van der Waals surface area contributed by atoms with Gasteiger partial charge in [-0.15, -0.1) is 11.8 Å². The zero-order valence-corrected chi connectivity index (χ0v) is 21.4. The predicted molar refractivity (Wildman–Crippen MR) is 128 cm³/mol. The lowest BCUT2D eigenvalue weighted by molar-refractivity contribution is -0.161. The molecule has 182 valence electrons. The minimum Gasteiger partial charge on any atom is -0.337 e. The molecule has 0 aromatic carbocycles. The molecule has 1 aliphatic heterocycles. The molecule has 3 amide bonds. The molecule has 33 heavy (non-hydrogen) atoms. The first-order valence-electron chi connectivity index (χ1n) is 11.1.